The van der Waals surface area contributed by atoms with Gasteiger partial charge in [-0.3, -0.25) is 4.79 Å². The zero-order valence-electron chi connectivity index (χ0n) is 16.4. The molecular formula is C20H32N4O2S. The average Bonchev–Trinajstić information content (AvgIpc) is 2.70. The molecule has 1 heterocycles. The molecule has 0 aliphatic carbocycles. The predicted octanol–water partition coefficient (Wildman–Crippen LogP) is 2.36. The summed E-state index contributed by atoms with van der Waals surface area (Å²) in [5.41, 5.74) is 0. The summed E-state index contributed by atoms with van der Waals surface area (Å²) in [5, 5.41) is 6.67. The second-order valence-electron chi connectivity index (χ2n) is 6.75. The van der Waals surface area contributed by atoms with Gasteiger partial charge < -0.3 is 20.3 Å². The Kier molecular flexibility index (Phi) is 10.1. The number of carbonyl (C=O) groups excluding carboxylic acids is 1. The summed E-state index contributed by atoms with van der Waals surface area (Å²) < 4.78 is 5.77. The van der Waals surface area contributed by atoms with E-state index in [1.807, 2.05) is 18.2 Å². The van der Waals surface area contributed by atoms with E-state index in [0.717, 1.165) is 38.3 Å². The fourth-order valence-electron chi connectivity index (χ4n) is 2.70. The number of likely N-dealkylation sites (N-methyl/N-ethyl adjacent to an activating group) is 1. The summed E-state index contributed by atoms with van der Waals surface area (Å²) >= 11 is 1.80. The zero-order chi connectivity index (χ0) is 19.3. The highest BCUT2D eigenvalue weighted by molar-refractivity contribution is 7.99. The fourth-order valence-corrected chi connectivity index (χ4v) is 3.49. The van der Waals surface area contributed by atoms with E-state index in [1.165, 1.54) is 17.7 Å². The molecule has 1 saturated heterocycles. The van der Waals surface area contributed by atoms with Gasteiger partial charge in [-0.1, -0.05) is 18.2 Å². The number of hydrogen-bond donors (Lipinski definition) is 2. The Morgan fingerprint density at radius 2 is 2.00 bits per heavy atom. The summed E-state index contributed by atoms with van der Waals surface area (Å²) in [6, 6.07) is 10.3. The van der Waals surface area contributed by atoms with Crippen LogP contribution in [0.1, 0.15) is 25.7 Å². The lowest BCUT2D eigenvalue weighted by Gasteiger charge is -2.23. The number of nitrogens with zero attached hydrogens (tertiary/aromatic N) is 2. The molecule has 0 saturated carbocycles. The van der Waals surface area contributed by atoms with Gasteiger partial charge >= 0.3 is 0 Å². The number of ether oxygens (including phenoxy) is 1. The van der Waals surface area contributed by atoms with Crippen molar-refractivity contribution in [2.45, 2.75) is 36.7 Å². The average molecular weight is 393 g/mol. The maximum atomic E-state index is 11.8. The molecule has 1 unspecified atom stereocenters. The van der Waals surface area contributed by atoms with Crippen LogP contribution in [0.3, 0.4) is 0 Å². The molecule has 1 amide bonds. The summed E-state index contributed by atoms with van der Waals surface area (Å²) in [6.45, 7) is 2.59. The van der Waals surface area contributed by atoms with E-state index in [-0.39, 0.29) is 12.5 Å². The number of nitrogens with one attached hydrogen (secondary N) is 2. The molecule has 1 atom stereocenters. The van der Waals surface area contributed by atoms with Gasteiger partial charge in [0.15, 0.2) is 5.96 Å². The molecule has 0 aromatic heterocycles. The largest absolute Gasteiger partial charge is 0.378 e. The van der Waals surface area contributed by atoms with Crippen LogP contribution in [0.25, 0.3) is 0 Å². The van der Waals surface area contributed by atoms with Crippen LogP contribution in [0.4, 0.5) is 0 Å². The normalized spacial score (nSPS) is 17.4. The van der Waals surface area contributed by atoms with E-state index >= 15 is 0 Å². The highest BCUT2D eigenvalue weighted by atomic mass is 32.2. The van der Waals surface area contributed by atoms with E-state index in [0.29, 0.717) is 12.1 Å². The number of thioether (sulfide) groups is 1. The van der Waals surface area contributed by atoms with Crippen molar-refractivity contribution >= 4 is 23.6 Å². The molecule has 2 N–H and O–H groups in total. The molecule has 2 rings (SSSR count). The van der Waals surface area contributed by atoms with Crippen LogP contribution in [0, 0.1) is 0 Å². The number of hydrogen-bond acceptors (Lipinski definition) is 4. The van der Waals surface area contributed by atoms with Gasteiger partial charge in [0.25, 0.3) is 0 Å². The van der Waals surface area contributed by atoms with Crippen LogP contribution in [-0.2, 0) is 9.53 Å². The molecule has 0 radical (unpaired) electrons. The fraction of sp³-hybridized carbons (Fsp3) is 0.600. The molecule has 1 aromatic carbocycles. The molecule has 7 heteroatoms. The van der Waals surface area contributed by atoms with E-state index in [1.54, 1.807) is 30.8 Å². The molecule has 0 bridgehead atoms. The molecule has 0 spiro atoms. The Morgan fingerprint density at radius 3 is 2.70 bits per heavy atom. The van der Waals surface area contributed by atoms with Crippen LogP contribution in [0.2, 0.25) is 0 Å². The second-order valence-corrected chi connectivity index (χ2v) is 7.91. The molecule has 1 aliphatic heterocycles. The van der Waals surface area contributed by atoms with E-state index < -0.39 is 0 Å². The van der Waals surface area contributed by atoms with Gasteiger partial charge in [-0.05, 0) is 37.8 Å². The summed E-state index contributed by atoms with van der Waals surface area (Å²) in [7, 11) is 3.49. The number of aliphatic imine (C=N–C) groups is 1. The lowest BCUT2D eigenvalue weighted by molar-refractivity contribution is -0.127. The monoisotopic (exact) mass is 392 g/mol. The van der Waals surface area contributed by atoms with E-state index in [9.17, 15) is 4.79 Å². The van der Waals surface area contributed by atoms with Crippen molar-refractivity contribution in [1.29, 1.82) is 0 Å². The van der Waals surface area contributed by atoms with Gasteiger partial charge in [0.1, 0.15) is 6.54 Å². The molecule has 1 aromatic rings. The van der Waals surface area contributed by atoms with Crippen molar-refractivity contribution in [1.82, 2.24) is 15.5 Å². The Labute approximate surface area is 167 Å². The van der Waals surface area contributed by atoms with Crippen molar-refractivity contribution in [3.05, 3.63) is 30.3 Å². The zero-order valence-corrected chi connectivity index (χ0v) is 17.3. The Hall–Kier alpha value is -1.73. The van der Waals surface area contributed by atoms with Gasteiger partial charge in [0.2, 0.25) is 5.91 Å². The lowest BCUT2D eigenvalue weighted by Crippen LogP contribution is -2.41. The summed E-state index contributed by atoms with van der Waals surface area (Å²) in [4.78, 5) is 19.1. The molecule has 1 aliphatic rings. The number of guanidine groups is 1. The Balaban J connectivity index is 1.75. The standard InChI is InChI=1S/C20H32N4O2S/c1-24(2)19(25)16-23-20(21-12-11-17-8-6-7-14-26-17)22-13-15-27-18-9-4-3-5-10-18/h3-5,9-10,17H,6-8,11-16H2,1-2H3,(H2,21,22,23). The van der Waals surface area contributed by atoms with Gasteiger partial charge in [-0.15, -0.1) is 11.8 Å². The van der Waals surface area contributed by atoms with Crippen molar-refractivity contribution in [3.63, 3.8) is 0 Å². The van der Waals surface area contributed by atoms with Crippen LogP contribution < -0.4 is 10.6 Å². The van der Waals surface area contributed by atoms with Crippen LogP contribution in [0.15, 0.2) is 40.2 Å². The van der Waals surface area contributed by atoms with Gasteiger partial charge in [0.05, 0.1) is 6.10 Å². The van der Waals surface area contributed by atoms with E-state index in [2.05, 4.69) is 27.8 Å². The number of amides is 1. The molecular weight excluding hydrogens is 360 g/mol. The van der Waals surface area contributed by atoms with Gasteiger partial charge in [0, 0.05) is 44.4 Å². The van der Waals surface area contributed by atoms with Crippen molar-refractivity contribution in [2.24, 2.45) is 4.99 Å². The minimum atomic E-state index is -0.00891. The SMILES string of the molecule is CN(C)C(=O)CN=C(NCCSc1ccccc1)NCCC1CCCCO1. The number of benzene rings is 1. The van der Waals surface area contributed by atoms with Crippen molar-refractivity contribution < 1.29 is 9.53 Å². The van der Waals surface area contributed by atoms with Crippen molar-refractivity contribution in [3.8, 4) is 0 Å². The molecule has 27 heavy (non-hydrogen) atoms. The van der Waals surface area contributed by atoms with Gasteiger partial charge in [-0.25, -0.2) is 4.99 Å². The van der Waals surface area contributed by atoms with Crippen LogP contribution >= 0.6 is 11.8 Å². The number of rotatable bonds is 9. The first-order chi connectivity index (χ1) is 13.1. The number of carbonyl (C=O) groups is 1. The third-order valence-electron chi connectivity index (χ3n) is 4.31. The first kappa shape index (κ1) is 21.6. The maximum absolute atomic E-state index is 11.8. The molecule has 150 valence electrons. The van der Waals surface area contributed by atoms with Crippen LogP contribution in [-0.4, -0.2) is 69.0 Å². The first-order valence-electron chi connectivity index (χ1n) is 9.67. The first-order valence-corrected chi connectivity index (χ1v) is 10.7. The third kappa shape index (κ3) is 9.15. The summed E-state index contributed by atoms with van der Waals surface area (Å²) in [5.74, 6) is 1.61. The second kappa shape index (κ2) is 12.6. The van der Waals surface area contributed by atoms with E-state index in [4.69, 9.17) is 4.74 Å². The smallest absolute Gasteiger partial charge is 0.243 e. The molecule has 6 nitrogen and oxygen atoms in total. The third-order valence-corrected chi connectivity index (χ3v) is 5.32. The quantitative estimate of drug-likeness (QED) is 0.292. The minimum absolute atomic E-state index is 0.00891. The molecule has 1 fully saturated rings. The topological polar surface area (TPSA) is 66.0 Å². The van der Waals surface area contributed by atoms with Gasteiger partial charge in [-0.2, -0.15) is 0 Å². The highest BCUT2D eigenvalue weighted by Crippen LogP contribution is 2.16. The lowest BCUT2D eigenvalue weighted by atomic mass is 10.1. The maximum Gasteiger partial charge on any atom is 0.243 e. The van der Waals surface area contributed by atoms with Crippen molar-refractivity contribution in [2.75, 3.05) is 46.1 Å². The predicted molar refractivity (Wildman–Crippen MR) is 112 cm³/mol. The summed E-state index contributed by atoms with van der Waals surface area (Å²) in [6.07, 6.45) is 4.85. The minimum Gasteiger partial charge on any atom is -0.378 e. The highest BCUT2D eigenvalue weighted by Gasteiger charge is 2.13. The van der Waals surface area contributed by atoms with Crippen LogP contribution in [0.5, 0.6) is 0 Å². The Morgan fingerprint density at radius 1 is 1.22 bits per heavy atom. The Bertz CT molecular complexity index is 575.